The van der Waals surface area contributed by atoms with Gasteiger partial charge in [0.2, 0.25) is 5.91 Å². The molecule has 1 aromatic carbocycles. The number of fused-ring (bicyclic) bond motifs is 1. The Labute approximate surface area is 146 Å². The minimum atomic E-state index is -0.590. The molecule has 1 aromatic heterocycles. The second kappa shape index (κ2) is 7.38. The van der Waals surface area contributed by atoms with Crippen LogP contribution >= 0.6 is 0 Å². The van der Waals surface area contributed by atoms with E-state index in [2.05, 4.69) is 15.6 Å². The van der Waals surface area contributed by atoms with Gasteiger partial charge in [-0.2, -0.15) is 0 Å². The number of nitrogens with zero attached hydrogens (tertiary/aromatic N) is 2. The van der Waals surface area contributed by atoms with Crippen LogP contribution in [-0.4, -0.2) is 40.2 Å². The summed E-state index contributed by atoms with van der Waals surface area (Å²) in [4.78, 5) is 28.3. The van der Waals surface area contributed by atoms with Crippen LogP contribution in [0.25, 0.3) is 0 Å². The maximum absolute atomic E-state index is 12.4. The fourth-order valence-electron chi connectivity index (χ4n) is 2.78. The lowest BCUT2D eigenvalue weighted by atomic mass is 10.1. The predicted molar refractivity (Wildman–Crippen MR) is 92.5 cm³/mol. The number of carbonyl (C=O) groups is 2. The Bertz CT molecular complexity index is 771. The van der Waals surface area contributed by atoms with Crippen molar-refractivity contribution in [3.63, 3.8) is 0 Å². The molecule has 0 spiro atoms. The van der Waals surface area contributed by atoms with Gasteiger partial charge in [-0.05, 0) is 31.0 Å². The van der Waals surface area contributed by atoms with E-state index in [1.807, 2.05) is 38.1 Å². The van der Waals surface area contributed by atoms with Crippen molar-refractivity contribution in [2.75, 3.05) is 6.54 Å². The number of carbonyl (C=O) groups excluding carboxylic acids is 2. The molecule has 0 bridgehead atoms. The number of hydrogen-bond donors (Lipinski definition) is 2. The van der Waals surface area contributed by atoms with Crippen molar-refractivity contribution in [3.05, 3.63) is 48.0 Å². The fourth-order valence-corrected chi connectivity index (χ4v) is 2.78. The van der Waals surface area contributed by atoms with E-state index in [1.54, 1.807) is 6.20 Å². The van der Waals surface area contributed by atoms with Crippen molar-refractivity contribution in [2.24, 2.45) is 0 Å². The molecule has 0 fully saturated rings. The van der Waals surface area contributed by atoms with Crippen LogP contribution in [0.2, 0.25) is 0 Å². The summed E-state index contributed by atoms with van der Waals surface area (Å²) < 4.78 is 7.35. The predicted octanol–water partition coefficient (Wildman–Crippen LogP) is 1.65. The highest BCUT2D eigenvalue weighted by Crippen LogP contribution is 2.15. The quantitative estimate of drug-likeness (QED) is 0.836. The van der Waals surface area contributed by atoms with Crippen molar-refractivity contribution in [1.82, 2.24) is 20.2 Å². The Hall–Kier alpha value is -2.83. The van der Waals surface area contributed by atoms with Crippen molar-refractivity contribution in [3.8, 4) is 5.75 Å². The van der Waals surface area contributed by atoms with Gasteiger partial charge in [0.05, 0.1) is 6.54 Å². The Balaban J connectivity index is 1.55. The highest BCUT2D eigenvalue weighted by Gasteiger charge is 2.29. The molecule has 0 aliphatic carbocycles. The molecule has 2 heterocycles. The Morgan fingerprint density at radius 1 is 1.52 bits per heavy atom. The topological polar surface area (TPSA) is 85.2 Å². The second-order valence-corrected chi connectivity index (χ2v) is 6.17. The van der Waals surface area contributed by atoms with Gasteiger partial charge in [0, 0.05) is 18.3 Å². The van der Waals surface area contributed by atoms with Crippen molar-refractivity contribution >= 4 is 11.9 Å². The molecular formula is C18H22N4O3. The van der Waals surface area contributed by atoms with Gasteiger partial charge in [0.25, 0.3) is 0 Å². The first-order valence-corrected chi connectivity index (χ1v) is 8.40. The van der Waals surface area contributed by atoms with Crippen molar-refractivity contribution in [1.29, 1.82) is 0 Å². The van der Waals surface area contributed by atoms with Gasteiger partial charge in [-0.25, -0.2) is 9.78 Å². The summed E-state index contributed by atoms with van der Waals surface area (Å²) in [6.07, 6.45) is 4.11. The molecule has 132 valence electrons. The number of aryl methyl sites for hydroxylation is 1. The van der Waals surface area contributed by atoms with Gasteiger partial charge in [-0.1, -0.05) is 19.1 Å². The van der Waals surface area contributed by atoms with Crippen LogP contribution < -0.4 is 15.4 Å². The molecule has 2 atom stereocenters. The summed E-state index contributed by atoms with van der Waals surface area (Å²) in [7, 11) is 0. The number of ether oxygens (including phenoxy) is 1. The number of aromatic nitrogens is 2. The van der Waals surface area contributed by atoms with Crippen LogP contribution in [0.5, 0.6) is 5.75 Å². The zero-order valence-electron chi connectivity index (χ0n) is 14.4. The largest absolute Gasteiger partial charge is 0.489 e. The summed E-state index contributed by atoms with van der Waals surface area (Å²) in [5.74, 6) is 0.572. The highest BCUT2D eigenvalue weighted by molar-refractivity contribution is 5.89. The third-order valence-electron chi connectivity index (χ3n) is 4.21. The van der Waals surface area contributed by atoms with Gasteiger partial charge < -0.3 is 15.4 Å². The molecule has 3 rings (SSSR count). The summed E-state index contributed by atoms with van der Waals surface area (Å²) in [6.45, 7) is 4.40. The Morgan fingerprint density at radius 3 is 3.12 bits per heavy atom. The Kier molecular flexibility index (Phi) is 5.02. The van der Waals surface area contributed by atoms with Gasteiger partial charge in [-0.3, -0.25) is 9.36 Å². The van der Waals surface area contributed by atoms with Crippen LogP contribution in [0.1, 0.15) is 24.6 Å². The molecule has 0 saturated heterocycles. The molecule has 0 saturated carbocycles. The fraction of sp³-hybridized carbons (Fsp3) is 0.389. The van der Waals surface area contributed by atoms with Gasteiger partial charge in [0.15, 0.2) is 0 Å². The zero-order valence-corrected chi connectivity index (χ0v) is 14.4. The SMILES string of the molecule is CCC(CNC(=O)C1Cc2cncn2C(=O)N1)Oc1cccc(C)c1. The van der Waals surface area contributed by atoms with Crippen molar-refractivity contribution < 1.29 is 14.3 Å². The Morgan fingerprint density at radius 2 is 2.36 bits per heavy atom. The molecular weight excluding hydrogens is 320 g/mol. The third-order valence-corrected chi connectivity index (χ3v) is 4.21. The molecule has 1 aliphatic rings. The van der Waals surface area contributed by atoms with E-state index in [0.717, 1.165) is 23.4 Å². The maximum Gasteiger partial charge on any atom is 0.327 e. The second-order valence-electron chi connectivity index (χ2n) is 6.17. The lowest BCUT2D eigenvalue weighted by Crippen LogP contribution is -2.53. The molecule has 7 heteroatoms. The average Bonchev–Trinajstić information content (AvgIpc) is 3.07. The average molecular weight is 342 g/mol. The smallest absolute Gasteiger partial charge is 0.327 e. The van der Waals surface area contributed by atoms with Crippen LogP contribution in [0.4, 0.5) is 4.79 Å². The number of hydrogen-bond acceptors (Lipinski definition) is 4. The van der Waals surface area contributed by atoms with E-state index in [9.17, 15) is 9.59 Å². The van der Waals surface area contributed by atoms with Gasteiger partial charge in [-0.15, -0.1) is 0 Å². The van der Waals surface area contributed by atoms with Crippen LogP contribution in [0, 0.1) is 6.92 Å². The zero-order chi connectivity index (χ0) is 17.8. The van der Waals surface area contributed by atoms with E-state index >= 15 is 0 Å². The number of nitrogens with one attached hydrogen (secondary N) is 2. The highest BCUT2D eigenvalue weighted by atomic mass is 16.5. The number of rotatable bonds is 6. The summed E-state index contributed by atoms with van der Waals surface area (Å²) in [5, 5.41) is 5.56. The standard InChI is InChI=1S/C18H22N4O3/c1-3-14(25-15-6-4-5-12(2)7-15)10-20-17(23)16-8-13-9-19-11-22(13)18(24)21-16/h4-7,9,11,14,16H,3,8,10H2,1-2H3,(H,20,23)(H,21,24). The molecule has 7 nitrogen and oxygen atoms in total. The lowest BCUT2D eigenvalue weighted by Gasteiger charge is -2.25. The van der Waals surface area contributed by atoms with E-state index in [0.29, 0.717) is 13.0 Å². The molecule has 2 N–H and O–H groups in total. The monoisotopic (exact) mass is 342 g/mol. The first kappa shape index (κ1) is 17.0. The summed E-state index contributed by atoms with van der Waals surface area (Å²) >= 11 is 0. The molecule has 2 amide bonds. The molecule has 0 radical (unpaired) electrons. The van der Waals surface area contributed by atoms with E-state index in [1.165, 1.54) is 10.9 Å². The first-order valence-electron chi connectivity index (χ1n) is 8.40. The van der Waals surface area contributed by atoms with Crippen LogP contribution in [0.15, 0.2) is 36.8 Å². The number of amides is 2. The van der Waals surface area contributed by atoms with E-state index in [-0.39, 0.29) is 18.0 Å². The third kappa shape index (κ3) is 3.99. The lowest BCUT2D eigenvalue weighted by molar-refractivity contribution is -0.123. The van der Waals surface area contributed by atoms with Crippen LogP contribution in [0.3, 0.4) is 0 Å². The number of benzene rings is 1. The minimum Gasteiger partial charge on any atom is -0.489 e. The maximum atomic E-state index is 12.4. The summed E-state index contributed by atoms with van der Waals surface area (Å²) in [5.41, 5.74) is 1.85. The van der Waals surface area contributed by atoms with Crippen LogP contribution in [-0.2, 0) is 11.2 Å². The molecule has 2 aromatic rings. The van der Waals surface area contributed by atoms with E-state index in [4.69, 9.17) is 4.74 Å². The molecule has 2 unspecified atom stereocenters. The minimum absolute atomic E-state index is 0.129. The first-order chi connectivity index (χ1) is 12.1. The van der Waals surface area contributed by atoms with Gasteiger partial charge in [0.1, 0.15) is 24.2 Å². The van der Waals surface area contributed by atoms with Crippen molar-refractivity contribution in [2.45, 2.75) is 38.8 Å². The van der Waals surface area contributed by atoms with Gasteiger partial charge >= 0.3 is 6.03 Å². The van der Waals surface area contributed by atoms with E-state index < -0.39 is 6.04 Å². The molecule has 1 aliphatic heterocycles. The molecule has 25 heavy (non-hydrogen) atoms. The summed E-state index contributed by atoms with van der Waals surface area (Å²) in [6, 6.07) is 6.89. The normalized spacial score (nSPS) is 17.4. The number of imidazole rings is 1.